The van der Waals surface area contributed by atoms with E-state index in [1.54, 1.807) is 6.07 Å². The Morgan fingerprint density at radius 2 is 2.39 bits per heavy atom. The first-order valence-corrected chi connectivity index (χ1v) is 6.42. The van der Waals surface area contributed by atoms with Crippen LogP contribution in [0.4, 0.5) is 4.39 Å². The molecule has 1 aliphatic heterocycles. The third kappa shape index (κ3) is 3.29. The number of rotatable bonds is 3. The first-order valence-electron chi connectivity index (χ1n) is 6.42. The van der Waals surface area contributed by atoms with Gasteiger partial charge in [0.15, 0.2) is 0 Å². The summed E-state index contributed by atoms with van der Waals surface area (Å²) in [5.41, 5.74) is 0.791. The molecule has 2 unspecified atom stereocenters. The lowest BCUT2D eigenvalue weighted by molar-refractivity contribution is -0.126. The van der Waals surface area contributed by atoms with Crippen molar-refractivity contribution >= 4 is 5.91 Å². The molecule has 1 amide bonds. The Hall–Kier alpha value is -1.42. The number of halogens is 1. The topological polar surface area (TPSA) is 41.1 Å². The molecule has 2 N–H and O–H groups in total. The van der Waals surface area contributed by atoms with Gasteiger partial charge in [0.25, 0.3) is 0 Å². The van der Waals surface area contributed by atoms with Gasteiger partial charge in [0.05, 0.1) is 5.92 Å². The molecule has 1 aliphatic rings. The Balaban J connectivity index is 1.88. The number of nitrogens with one attached hydrogen (secondary N) is 2. The van der Waals surface area contributed by atoms with Crippen molar-refractivity contribution < 1.29 is 9.18 Å². The normalized spacial score (nSPS) is 23.7. The van der Waals surface area contributed by atoms with Crippen LogP contribution in [0.5, 0.6) is 0 Å². The summed E-state index contributed by atoms with van der Waals surface area (Å²) in [5, 5.41) is 6.18. The Bertz CT molecular complexity index is 422. The third-order valence-electron chi connectivity index (χ3n) is 3.45. The summed E-state index contributed by atoms with van der Waals surface area (Å²) >= 11 is 0. The minimum atomic E-state index is -0.269. The highest BCUT2D eigenvalue weighted by Gasteiger charge is 2.26. The second kappa shape index (κ2) is 5.96. The van der Waals surface area contributed by atoms with E-state index in [2.05, 4.69) is 10.6 Å². The van der Waals surface area contributed by atoms with Gasteiger partial charge in [-0.15, -0.1) is 0 Å². The van der Waals surface area contributed by atoms with Crippen molar-refractivity contribution in [1.29, 1.82) is 0 Å². The van der Waals surface area contributed by atoms with E-state index in [-0.39, 0.29) is 23.7 Å². The minimum absolute atomic E-state index is 0.0207. The minimum Gasteiger partial charge on any atom is -0.352 e. The molecule has 1 aromatic carbocycles. The van der Waals surface area contributed by atoms with E-state index in [9.17, 15) is 9.18 Å². The van der Waals surface area contributed by atoms with Gasteiger partial charge in [-0.3, -0.25) is 4.79 Å². The van der Waals surface area contributed by atoms with Crippen LogP contribution in [-0.4, -0.2) is 18.5 Å². The van der Waals surface area contributed by atoms with Crippen molar-refractivity contribution in [2.75, 3.05) is 6.54 Å². The van der Waals surface area contributed by atoms with E-state index < -0.39 is 0 Å². The van der Waals surface area contributed by atoms with Gasteiger partial charge < -0.3 is 10.6 Å². The van der Waals surface area contributed by atoms with Crippen molar-refractivity contribution in [2.45, 2.75) is 32.4 Å². The highest BCUT2D eigenvalue weighted by atomic mass is 19.1. The summed E-state index contributed by atoms with van der Waals surface area (Å²) in [5.74, 6) is -0.194. The summed E-state index contributed by atoms with van der Waals surface area (Å²) in [6.07, 6.45) is 1.95. The number of hydrogen-bond donors (Lipinski definition) is 2. The first-order chi connectivity index (χ1) is 8.66. The van der Waals surface area contributed by atoms with Crippen LogP contribution in [0.25, 0.3) is 0 Å². The summed E-state index contributed by atoms with van der Waals surface area (Å²) in [7, 11) is 0. The molecule has 4 heteroatoms. The molecule has 0 saturated carbocycles. The monoisotopic (exact) mass is 250 g/mol. The summed E-state index contributed by atoms with van der Waals surface area (Å²) in [6.45, 7) is 3.40. The van der Waals surface area contributed by atoms with Gasteiger partial charge in [-0.05, 0) is 44.0 Å². The molecule has 2 atom stereocenters. The van der Waals surface area contributed by atoms with Crippen LogP contribution in [0.2, 0.25) is 0 Å². The molecule has 18 heavy (non-hydrogen) atoms. The van der Waals surface area contributed by atoms with Crippen LogP contribution in [-0.2, 0) is 11.3 Å². The van der Waals surface area contributed by atoms with Crippen molar-refractivity contribution in [3.63, 3.8) is 0 Å². The predicted molar refractivity (Wildman–Crippen MR) is 68.4 cm³/mol. The first kappa shape index (κ1) is 13.0. The average Bonchev–Trinajstić information content (AvgIpc) is 2.37. The van der Waals surface area contributed by atoms with Gasteiger partial charge in [0.1, 0.15) is 5.82 Å². The number of carbonyl (C=O) groups excluding carboxylic acids is 1. The lowest BCUT2D eigenvalue weighted by Crippen LogP contribution is -2.46. The van der Waals surface area contributed by atoms with Crippen LogP contribution >= 0.6 is 0 Å². The van der Waals surface area contributed by atoms with Crippen LogP contribution in [0.15, 0.2) is 24.3 Å². The third-order valence-corrected chi connectivity index (χ3v) is 3.45. The van der Waals surface area contributed by atoms with E-state index in [1.807, 2.05) is 13.0 Å². The fraction of sp³-hybridized carbons (Fsp3) is 0.500. The molecule has 3 nitrogen and oxygen atoms in total. The zero-order valence-electron chi connectivity index (χ0n) is 10.6. The van der Waals surface area contributed by atoms with Gasteiger partial charge >= 0.3 is 0 Å². The molecule has 1 heterocycles. The lowest BCUT2D eigenvalue weighted by atomic mass is 9.91. The molecule has 0 bridgehead atoms. The molecule has 2 rings (SSSR count). The van der Waals surface area contributed by atoms with E-state index in [4.69, 9.17) is 0 Å². The van der Waals surface area contributed by atoms with Gasteiger partial charge in [0, 0.05) is 12.6 Å². The highest BCUT2D eigenvalue weighted by Crippen LogP contribution is 2.16. The van der Waals surface area contributed by atoms with Crippen LogP contribution in [0.3, 0.4) is 0 Å². The van der Waals surface area contributed by atoms with E-state index in [0.29, 0.717) is 6.54 Å². The van der Waals surface area contributed by atoms with Crippen molar-refractivity contribution in [3.8, 4) is 0 Å². The maximum Gasteiger partial charge on any atom is 0.224 e. The van der Waals surface area contributed by atoms with Gasteiger partial charge in [0.2, 0.25) is 5.91 Å². The molecule has 98 valence electrons. The zero-order chi connectivity index (χ0) is 13.0. The molecule has 1 aromatic rings. The fourth-order valence-corrected chi connectivity index (χ4v) is 2.37. The number of hydrogen-bond acceptors (Lipinski definition) is 2. The molecule has 0 aliphatic carbocycles. The Morgan fingerprint density at radius 1 is 1.56 bits per heavy atom. The molecule has 1 fully saturated rings. The number of piperidine rings is 1. The maximum atomic E-state index is 13.0. The van der Waals surface area contributed by atoms with Crippen molar-refractivity contribution in [3.05, 3.63) is 35.6 Å². The van der Waals surface area contributed by atoms with Gasteiger partial charge in [-0.1, -0.05) is 12.1 Å². The fourth-order valence-electron chi connectivity index (χ4n) is 2.37. The SMILES string of the molecule is CC1NCCCC1C(=O)NCc1cccc(F)c1. The number of amides is 1. The smallest absolute Gasteiger partial charge is 0.224 e. The largest absolute Gasteiger partial charge is 0.352 e. The quantitative estimate of drug-likeness (QED) is 0.859. The maximum absolute atomic E-state index is 13.0. The van der Waals surface area contributed by atoms with Crippen molar-refractivity contribution in [2.24, 2.45) is 5.92 Å². The lowest BCUT2D eigenvalue weighted by Gasteiger charge is -2.28. The number of benzene rings is 1. The summed E-state index contributed by atoms with van der Waals surface area (Å²) in [6, 6.07) is 6.53. The molecule has 0 spiro atoms. The van der Waals surface area contributed by atoms with Gasteiger partial charge in [-0.25, -0.2) is 4.39 Å². The molecule has 0 radical (unpaired) electrons. The second-order valence-electron chi connectivity index (χ2n) is 4.84. The average molecular weight is 250 g/mol. The Morgan fingerprint density at radius 3 is 3.11 bits per heavy atom. The zero-order valence-corrected chi connectivity index (χ0v) is 10.6. The van der Waals surface area contributed by atoms with Crippen LogP contribution in [0.1, 0.15) is 25.3 Å². The molecule has 1 saturated heterocycles. The highest BCUT2D eigenvalue weighted by molar-refractivity contribution is 5.79. The predicted octanol–water partition coefficient (Wildman–Crippen LogP) is 1.83. The second-order valence-corrected chi connectivity index (χ2v) is 4.84. The Labute approximate surface area is 107 Å². The van der Waals surface area contributed by atoms with Crippen molar-refractivity contribution in [1.82, 2.24) is 10.6 Å². The molecular weight excluding hydrogens is 231 g/mol. The summed E-state index contributed by atoms with van der Waals surface area (Å²) < 4.78 is 13.0. The van der Waals surface area contributed by atoms with E-state index in [0.717, 1.165) is 24.9 Å². The Kier molecular flexibility index (Phi) is 4.31. The van der Waals surface area contributed by atoms with E-state index in [1.165, 1.54) is 12.1 Å². The van der Waals surface area contributed by atoms with Crippen LogP contribution in [0, 0.1) is 11.7 Å². The molecular formula is C14H19FN2O. The molecule has 0 aromatic heterocycles. The summed E-state index contributed by atoms with van der Waals surface area (Å²) in [4.78, 5) is 12.0. The van der Waals surface area contributed by atoms with Crippen LogP contribution < -0.4 is 10.6 Å². The van der Waals surface area contributed by atoms with E-state index >= 15 is 0 Å². The van der Waals surface area contributed by atoms with Gasteiger partial charge in [-0.2, -0.15) is 0 Å². The standard InChI is InChI=1S/C14H19FN2O/c1-10-13(6-3-7-16-10)14(18)17-9-11-4-2-5-12(15)8-11/h2,4-5,8,10,13,16H,3,6-7,9H2,1H3,(H,17,18). The number of carbonyl (C=O) groups is 1.